The summed E-state index contributed by atoms with van der Waals surface area (Å²) in [6.07, 6.45) is 1.02. The van der Waals surface area contributed by atoms with Gasteiger partial charge in [-0.1, -0.05) is 0 Å². The summed E-state index contributed by atoms with van der Waals surface area (Å²) >= 11 is 1.97. The van der Waals surface area contributed by atoms with E-state index in [9.17, 15) is 4.79 Å². The first kappa shape index (κ1) is 8.08. The molecule has 0 N–H and O–H groups in total. The zero-order valence-corrected chi connectivity index (χ0v) is 7.06. The van der Waals surface area contributed by atoms with Crippen molar-refractivity contribution in [1.29, 1.82) is 0 Å². The number of rotatable bonds is 2. The molecule has 58 valence electrons. The van der Waals surface area contributed by atoms with Crippen LogP contribution in [0, 0.1) is 0 Å². The number of hydrogen-bond acceptors (Lipinski definition) is 3. The third-order valence-electron chi connectivity index (χ3n) is 1.82. The first-order valence-corrected chi connectivity index (χ1v) is 4.77. The summed E-state index contributed by atoms with van der Waals surface area (Å²) in [5.74, 6) is 2.36. The van der Waals surface area contributed by atoms with E-state index in [4.69, 9.17) is 0 Å². The van der Waals surface area contributed by atoms with Gasteiger partial charge in [-0.2, -0.15) is 11.8 Å². The van der Waals surface area contributed by atoms with Crippen LogP contribution in [0.5, 0.6) is 0 Å². The maximum absolute atomic E-state index is 10.4. The lowest BCUT2D eigenvalue weighted by Gasteiger charge is -2.28. The third-order valence-corrected chi connectivity index (χ3v) is 2.76. The first-order chi connectivity index (χ1) is 4.84. The molecule has 1 rings (SSSR count). The second kappa shape index (κ2) is 3.98. The molecule has 3 heteroatoms. The Morgan fingerprint density at radius 2 is 2.10 bits per heavy atom. The van der Waals surface area contributed by atoms with Crippen molar-refractivity contribution in [2.45, 2.75) is 13.0 Å². The summed E-state index contributed by atoms with van der Waals surface area (Å²) in [4.78, 5) is 12.6. The fraction of sp³-hybridized carbons (Fsp3) is 0.857. The predicted molar refractivity (Wildman–Crippen MR) is 44.4 cm³/mol. The van der Waals surface area contributed by atoms with E-state index in [1.165, 1.54) is 11.5 Å². The molecule has 1 atom stereocenters. The number of aldehydes is 1. The van der Waals surface area contributed by atoms with Gasteiger partial charge in [0.1, 0.15) is 6.29 Å². The van der Waals surface area contributed by atoms with E-state index in [1.54, 1.807) is 0 Å². The van der Waals surface area contributed by atoms with Gasteiger partial charge in [-0.05, 0) is 6.92 Å². The summed E-state index contributed by atoms with van der Waals surface area (Å²) in [7, 11) is 0. The van der Waals surface area contributed by atoms with Crippen LogP contribution in [0.4, 0.5) is 0 Å². The number of carbonyl (C=O) groups excluding carboxylic acids is 1. The van der Waals surface area contributed by atoms with E-state index in [0.29, 0.717) is 0 Å². The lowest BCUT2D eigenvalue weighted by atomic mass is 10.3. The molecule has 1 unspecified atom stereocenters. The van der Waals surface area contributed by atoms with E-state index in [1.807, 2.05) is 18.7 Å². The second-order valence-electron chi connectivity index (χ2n) is 2.53. The minimum atomic E-state index is 0.126. The van der Waals surface area contributed by atoms with Crippen LogP contribution in [0.25, 0.3) is 0 Å². The average molecular weight is 159 g/mol. The Morgan fingerprint density at radius 1 is 1.50 bits per heavy atom. The average Bonchev–Trinajstić information content (AvgIpc) is 2.05. The molecule has 0 aromatic carbocycles. The van der Waals surface area contributed by atoms with Crippen LogP contribution in [0.15, 0.2) is 0 Å². The van der Waals surface area contributed by atoms with Gasteiger partial charge in [0.25, 0.3) is 0 Å². The topological polar surface area (TPSA) is 20.3 Å². The fourth-order valence-electron chi connectivity index (χ4n) is 1.07. The van der Waals surface area contributed by atoms with E-state index >= 15 is 0 Å². The third kappa shape index (κ3) is 1.99. The van der Waals surface area contributed by atoms with Crippen LogP contribution >= 0.6 is 11.8 Å². The van der Waals surface area contributed by atoms with Crippen molar-refractivity contribution in [3.8, 4) is 0 Å². The van der Waals surface area contributed by atoms with Gasteiger partial charge >= 0.3 is 0 Å². The molecule has 2 nitrogen and oxygen atoms in total. The molecule has 0 saturated carbocycles. The molecule has 0 amide bonds. The number of thioether (sulfide) groups is 1. The Bertz CT molecular complexity index is 112. The highest BCUT2D eigenvalue weighted by molar-refractivity contribution is 7.99. The monoisotopic (exact) mass is 159 g/mol. The van der Waals surface area contributed by atoms with E-state index in [0.717, 1.165) is 19.4 Å². The first-order valence-electron chi connectivity index (χ1n) is 3.61. The largest absolute Gasteiger partial charge is 0.302 e. The van der Waals surface area contributed by atoms with Crippen LogP contribution in [-0.4, -0.2) is 41.8 Å². The standard InChI is InChI=1S/C7H13NOS/c1-7(6-9)8-2-4-10-5-3-8/h6-7H,2-5H2,1H3. The molecule has 0 aromatic rings. The molecule has 0 aliphatic carbocycles. The molecule has 1 aliphatic rings. The highest BCUT2D eigenvalue weighted by Crippen LogP contribution is 2.10. The van der Waals surface area contributed by atoms with Gasteiger partial charge in [-0.3, -0.25) is 4.90 Å². The SMILES string of the molecule is CC(C=O)N1CCSCC1. The Hall–Kier alpha value is -0.0200. The molecule has 1 saturated heterocycles. The number of hydrogen-bond donors (Lipinski definition) is 0. The van der Waals surface area contributed by atoms with Crippen LogP contribution in [-0.2, 0) is 4.79 Å². The van der Waals surface area contributed by atoms with Gasteiger partial charge < -0.3 is 4.79 Å². The highest BCUT2D eigenvalue weighted by atomic mass is 32.2. The summed E-state index contributed by atoms with van der Waals surface area (Å²) in [5.41, 5.74) is 0. The Kier molecular flexibility index (Phi) is 3.22. The quantitative estimate of drug-likeness (QED) is 0.551. The van der Waals surface area contributed by atoms with Crippen molar-refractivity contribution >= 4 is 18.0 Å². The van der Waals surface area contributed by atoms with E-state index < -0.39 is 0 Å². The summed E-state index contributed by atoms with van der Waals surface area (Å²) in [5, 5.41) is 0. The van der Waals surface area contributed by atoms with Crippen molar-refractivity contribution in [2.24, 2.45) is 0 Å². The molecular weight excluding hydrogens is 146 g/mol. The van der Waals surface area contributed by atoms with Crippen LogP contribution in [0.3, 0.4) is 0 Å². The lowest BCUT2D eigenvalue weighted by molar-refractivity contribution is -0.111. The molecule has 1 aliphatic heterocycles. The van der Waals surface area contributed by atoms with Gasteiger partial charge in [0.15, 0.2) is 0 Å². The maximum atomic E-state index is 10.4. The maximum Gasteiger partial charge on any atom is 0.136 e. The molecule has 0 radical (unpaired) electrons. The van der Waals surface area contributed by atoms with Gasteiger partial charge in [0, 0.05) is 24.6 Å². The van der Waals surface area contributed by atoms with Crippen LogP contribution in [0.2, 0.25) is 0 Å². The Labute approximate surface area is 66.0 Å². The van der Waals surface area contributed by atoms with Crippen molar-refractivity contribution in [2.75, 3.05) is 24.6 Å². The van der Waals surface area contributed by atoms with Crippen molar-refractivity contribution in [3.63, 3.8) is 0 Å². The number of nitrogens with zero attached hydrogens (tertiary/aromatic N) is 1. The Balaban J connectivity index is 2.30. The number of carbonyl (C=O) groups is 1. The zero-order valence-electron chi connectivity index (χ0n) is 6.25. The van der Waals surface area contributed by atoms with Crippen LogP contribution < -0.4 is 0 Å². The van der Waals surface area contributed by atoms with Gasteiger partial charge in [-0.25, -0.2) is 0 Å². The second-order valence-corrected chi connectivity index (χ2v) is 3.75. The predicted octanol–water partition coefficient (Wildman–Crippen LogP) is 0.623. The minimum Gasteiger partial charge on any atom is -0.302 e. The smallest absolute Gasteiger partial charge is 0.136 e. The molecule has 10 heavy (non-hydrogen) atoms. The molecule has 1 heterocycles. The van der Waals surface area contributed by atoms with Crippen LogP contribution in [0.1, 0.15) is 6.92 Å². The Morgan fingerprint density at radius 3 is 2.60 bits per heavy atom. The lowest BCUT2D eigenvalue weighted by Crippen LogP contribution is -2.40. The normalized spacial score (nSPS) is 24.1. The zero-order chi connectivity index (χ0) is 7.40. The fourth-order valence-corrected chi connectivity index (χ4v) is 2.00. The molecular formula is C7H13NOS. The molecule has 0 spiro atoms. The van der Waals surface area contributed by atoms with Crippen molar-refractivity contribution in [1.82, 2.24) is 4.90 Å². The van der Waals surface area contributed by atoms with Crippen molar-refractivity contribution < 1.29 is 4.79 Å². The van der Waals surface area contributed by atoms with Crippen molar-refractivity contribution in [3.05, 3.63) is 0 Å². The van der Waals surface area contributed by atoms with Gasteiger partial charge in [-0.15, -0.1) is 0 Å². The van der Waals surface area contributed by atoms with E-state index in [2.05, 4.69) is 4.90 Å². The summed E-state index contributed by atoms with van der Waals surface area (Å²) in [6.45, 7) is 4.11. The van der Waals surface area contributed by atoms with Gasteiger partial charge in [0.05, 0.1) is 6.04 Å². The molecule has 1 fully saturated rings. The molecule has 0 aromatic heterocycles. The molecule has 0 bridgehead atoms. The van der Waals surface area contributed by atoms with Gasteiger partial charge in [0.2, 0.25) is 0 Å². The highest BCUT2D eigenvalue weighted by Gasteiger charge is 2.15. The minimum absolute atomic E-state index is 0.126. The summed E-state index contributed by atoms with van der Waals surface area (Å²) in [6, 6.07) is 0.126. The summed E-state index contributed by atoms with van der Waals surface area (Å²) < 4.78 is 0. The van der Waals surface area contributed by atoms with E-state index in [-0.39, 0.29) is 6.04 Å².